The standard InChI is InChI=1S/C14H30N2O3/c1-5-15(6-2)9-8-10-16(7-3)14(17)13-19-12-11-18-4/h5-13H2,1-4H3. The highest BCUT2D eigenvalue weighted by molar-refractivity contribution is 5.77. The van der Waals surface area contributed by atoms with Crippen molar-refractivity contribution >= 4 is 5.91 Å². The topological polar surface area (TPSA) is 42.0 Å². The van der Waals surface area contributed by atoms with Crippen LogP contribution in [-0.2, 0) is 14.3 Å². The first-order valence-electron chi connectivity index (χ1n) is 7.26. The molecule has 0 fully saturated rings. The number of amides is 1. The van der Waals surface area contributed by atoms with Gasteiger partial charge in [0.1, 0.15) is 6.61 Å². The number of nitrogens with zero attached hydrogens (tertiary/aromatic N) is 2. The van der Waals surface area contributed by atoms with E-state index in [2.05, 4.69) is 18.7 Å². The Morgan fingerprint density at radius 2 is 1.68 bits per heavy atom. The van der Waals surface area contributed by atoms with E-state index in [0.717, 1.165) is 39.1 Å². The third-order valence-electron chi connectivity index (χ3n) is 3.19. The number of rotatable bonds is 12. The van der Waals surface area contributed by atoms with E-state index in [1.165, 1.54) is 0 Å². The Morgan fingerprint density at radius 3 is 2.21 bits per heavy atom. The maximum absolute atomic E-state index is 11.9. The average Bonchev–Trinajstić information content (AvgIpc) is 2.44. The quantitative estimate of drug-likeness (QED) is 0.502. The molecule has 0 saturated heterocycles. The number of likely N-dealkylation sites (N-methyl/N-ethyl adjacent to an activating group) is 1. The molecule has 0 saturated carbocycles. The highest BCUT2D eigenvalue weighted by Gasteiger charge is 2.11. The Balaban J connectivity index is 3.82. The Bertz CT molecular complexity index is 221. The minimum atomic E-state index is 0.0677. The van der Waals surface area contributed by atoms with Crippen molar-refractivity contribution in [2.24, 2.45) is 0 Å². The molecule has 114 valence electrons. The predicted molar refractivity (Wildman–Crippen MR) is 77.4 cm³/mol. The van der Waals surface area contributed by atoms with Gasteiger partial charge in [0.25, 0.3) is 0 Å². The molecular formula is C14H30N2O3. The fraction of sp³-hybridized carbons (Fsp3) is 0.929. The van der Waals surface area contributed by atoms with E-state index in [1.54, 1.807) is 7.11 Å². The van der Waals surface area contributed by atoms with Crippen LogP contribution in [-0.4, -0.2) is 75.4 Å². The van der Waals surface area contributed by atoms with Crippen LogP contribution < -0.4 is 0 Å². The molecule has 19 heavy (non-hydrogen) atoms. The minimum absolute atomic E-state index is 0.0677. The summed E-state index contributed by atoms with van der Waals surface area (Å²) < 4.78 is 10.1. The third-order valence-corrected chi connectivity index (χ3v) is 3.19. The predicted octanol–water partition coefficient (Wildman–Crippen LogP) is 1.23. The van der Waals surface area contributed by atoms with Crippen LogP contribution in [0.5, 0.6) is 0 Å². The Labute approximate surface area is 117 Å². The van der Waals surface area contributed by atoms with Gasteiger partial charge in [-0.25, -0.2) is 0 Å². The van der Waals surface area contributed by atoms with Gasteiger partial charge in [-0.05, 0) is 33.0 Å². The smallest absolute Gasteiger partial charge is 0.248 e. The van der Waals surface area contributed by atoms with Gasteiger partial charge >= 0.3 is 0 Å². The van der Waals surface area contributed by atoms with Crippen molar-refractivity contribution in [3.05, 3.63) is 0 Å². The van der Waals surface area contributed by atoms with Gasteiger partial charge in [0, 0.05) is 20.2 Å². The van der Waals surface area contributed by atoms with E-state index in [4.69, 9.17) is 9.47 Å². The largest absolute Gasteiger partial charge is 0.382 e. The summed E-state index contributed by atoms with van der Waals surface area (Å²) in [5.74, 6) is 0.0677. The molecule has 0 aromatic carbocycles. The Morgan fingerprint density at radius 1 is 1.00 bits per heavy atom. The normalized spacial score (nSPS) is 11.0. The van der Waals surface area contributed by atoms with Gasteiger partial charge < -0.3 is 19.3 Å². The maximum Gasteiger partial charge on any atom is 0.248 e. The lowest BCUT2D eigenvalue weighted by Crippen LogP contribution is -2.36. The first-order chi connectivity index (χ1) is 9.19. The van der Waals surface area contributed by atoms with Crippen molar-refractivity contribution in [2.45, 2.75) is 27.2 Å². The van der Waals surface area contributed by atoms with Crippen LogP contribution in [0.4, 0.5) is 0 Å². The van der Waals surface area contributed by atoms with Gasteiger partial charge in [-0.3, -0.25) is 4.79 Å². The van der Waals surface area contributed by atoms with Crippen molar-refractivity contribution in [3.63, 3.8) is 0 Å². The van der Waals surface area contributed by atoms with Crippen LogP contribution in [0.2, 0.25) is 0 Å². The van der Waals surface area contributed by atoms with Gasteiger partial charge in [-0.1, -0.05) is 13.8 Å². The Kier molecular flexibility index (Phi) is 12.0. The number of carbonyl (C=O) groups excluding carboxylic acids is 1. The fourth-order valence-electron chi connectivity index (χ4n) is 1.88. The third kappa shape index (κ3) is 8.97. The summed E-state index contributed by atoms with van der Waals surface area (Å²) in [6.45, 7) is 12.2. The zero-order valence-electron chi connectivity index (χ0n) is 13.0. The minimum Gasteiger partial charge on any atom is -0.382 e. The lowest BCUT2D eigenvalue weighted by Gasteiger charge is -2.23. The number of carbonyl (C=O) groups is 1. The molecule has 0 rings (SSSR count). The number of hydrogen-bond acceptors (Lipinski definition) is 4. The van der Waals surface area contributed by atoms with Gasteiger partial charge in [0.2, 0.25) is 5.91 Å². The van der Waals surface area contributed by atoms with Crippen LogP contribution in [0, 0.1) is 0 Å². The molecule has 0 heterocycles. The second-order valence-corrected chi connectivity index (χ2v) is 4.40. The van der Waals surface area contributed by atoms with Crippen molar-refractivity contribution in [1.82, 2.24) is 9.80 Å². The van der Waals surface area contributed by atoms with Gasteiger partial charge in [0.15, 0.2) is 0 Å². The monoisotopic (exact) mass is 274 g/mol. The van der Waals surface area contributed by atoms with Crippen molar-refractivity contribution in [2.75, 3.05) is 59.7 Å². The lowest BCUT2D eigenvalue weighted by atomic mass is 10.3. The Hall–Kier alpha value is -0.650. The molecule has 0 radical (unpaired) electrons. The summed E-state index contributed by atoms with van der Waals surface area (Å²) in [5.41, 5.74) is 0. The lowest BCUT2D eigenvalue weighted by molar-refractivity contribution is -0.136. The van der Waals surface area contributed by atoms with E-state index in [0.29, 0.717) is 13.2 Å². The summed E-state index contributed by atoms with van der Waals surface area (Å²) >= 11 is 0. The SMILES string of the molecule is CCN(CC)CCCN(CC)C(=O)COCCOC. The van der Waals surface area contributed by atoms with Crippen LogP contribution in [0.1, 0.15) is 27.2 Å². The van der Waals surface area contributed by atoms with Gasteiger partial charge in [0.05, 0.1) is 13.2 Å². The van der Waals surface area contributed by atoms with Crippen LogP contribution >= 0.6 is 0 Å². The molecule has 1 amide bonds. The molecule has 0 N–H and O–H groups in total. The zero-order valence-corrected chi connectivity index (χ0v) is 13.0. The summed E-state index contributed by atoms with van der Waals surface area (Å²) in [4.78, 5) is 16.1. The molecule has 5 heteroatoms. The zero-order chi connectivity index (χ0) is 14.5. The molecule has 5 nitrogen and oxygen atoms in total. The molecule has 0 atom stereocenters. The van der Waals surface area contributed by atoms with Crippen molar-refractivity contribution in [1.29, 1.82) is 0 Å². The van der Waals surface area contributed by atoms with Gasteiger partial charge in [-0.2, -0.15) is 0 Å². The second-order valence-electron chi connectivity index (χ2n) is 4.40. The van der Waals surface area contributed by atoms with E-state index >= 15 is 0 Å². The van der Waals surface area contributed by atoms with Crippen molar-refractivity contribution < 1.29 is 14.3 Å². The first kappa shape index (κ1) is 18.4. The first-order valence-corrected chi connectivity index (χ1v) is 7.26. The van der Waals surface area contributed by atoms with Crippen molar-refractivity contribution in [3.8, 4) is 0 Å². The van der Waals surface area contributed by atoms with E-state index in [-0.39, 0.29) is 12.5 Å². The molecule has 0 aliphatic heterocycles. The molecule has 0 aromatic rings. The van der Waals surface area contributed by atoms with Crippen LogP contribution in [0.15, 0.2) is 0 Å². The number of methoxy groups -OCH3 is 1. The van der Waals surface area contributed by atoms with Crippen LogP contribution in [0.3, 0.4) is 0 Å². The molecule has 0 spiro atoms. The highest BCUT2D eigenvalue weighted by Crippen LogP contribution is 1.97. The second kappa shape index (κ2) is 12.4. The number of hydrogen-bond donors (Lipinski definition) is 0. The molecule has 0 unspecified atom stereocenters. The summed E-state index contributed by atoms with van der Waals surface area (Å²) in [6, 6.07) is 0. The summed E-state index contributed by atoms with van der Waals surface area (Å²) in [6.07, 6.45) is 1.01. The van der Waals surface area contributed by atoms with E-state index < -0.39 is 0 Å². The average molecular weight is 274 g/mol. The summed E-state index contributed by atoms with van der Waals surface area (Å²) in [5, 5.41) is 0. The highest BCUT2D eigenvalue weighted by atomic mass is 16.5. The number of ether oxygens (including phenoxy) is 2. The summed E-state index contributed by atoms with van der Waals surface area (Å²) in [7, 11) is 1.62. The molecule has 0 aromatic heterocycles. The molecule has 0 aliphatic carbocycles. The molecule has 0 aliphatic rings. The fourth-order valence-corrected chi connectivity index (χ4v) is 1.88. The van der Waals surface area contributed by atoms with E-state index in [1.807, 2.05) is 11.8 Å². The van der Waals surface area contributed by atoms with Gasteiger partial charge in [-0.15, -0.1) is 0 Å². The van der Waals surface area contributed by atoms with Crippen LogP contribution in [0.25, 0.3) is 0 Å². The van der Waals surface area contributed by atoms with E-state index in [9.17, 15) is 4.79 Å². The maximum atomic E-state index is 11.9. The molecule has 0 bridgehead atoms. The molecular weight excluding hydrogens is 244 g/mol.